The van der Waals surface area contributed by atoms with Crippen molar-refractivity contribution in [2.45, 2.75) is 297 Å². The summed E-state index contributed by atoms with van der Waals surface area (Å²) >= 11 is 4.71. The highest BCUT2D eigenvalue weighted by molar-refractivity contribution is 7.85. The second-order valence-corrected chi connectivity index (χ2v) is 21.5. The summed E-state index contributed by atoms with van der Waals surface area (Å²) in [5.41, 5.74) is 0. The lowest BCUT2D eigenvalue weighted by atomic mass is 10.1. The monoisotopic (exact) mass is 1080 g/mol. The largest absolute Gasteiger partial charge is 0.748 e. The summed E-state index contributed by atoms with van der Waals surface area (Å²) < 4.78 is 41.1. The minimum Gasteiger partial charge on any atom is -0.748 e. The van der Waals surface area contributed by atoms with Gasteiger partial charge < -0.3 is 19.1 Å². The van der Waals surface area contributed by atoms with Gasteiger partial charge in [-0.15, -0.1) is 0 Å². The third-order valence-electron chi connectivity index (χ3n) is 12.4. The van der Waals surface area contributed by atoms with Crippen LogP contribution in [0.25, 0.3) is 0 Å². The first-order chi connectivity index (χ1) is 35.9. The molecule has 0 bridgehead atoms. The number of hydrogen-bond donors (Lipinski definition) is 1. The standard InChI is InChI=1S/C21H40O5S.C21H38O2.C18H36O.C3H3ClO/c1-2-3-4-5-6-7-8-9-10-11-12-13-14-15-16-17-19-26-21(22)18-20-27(23,24)25;1-3-5-6-7-8-9-10-11-12-13-14-15-16-17-18-19-20-23-21(22)4-2;1-2-3-4-5-6-7-8-9-10-11-12-13-14-15-16-17-18-19;1-2-3(4)5/h9-10H,2-8,11-20H2,1H3,(H,23,24,25);4,11-12H,2-3,5-10,13-20H2,1H3;9-10,19H,2-8,11-18H2,1H3;2H,1H2/p-1/b10-9-;12-11-;10-9-;. The highest BCUT2D eigenvalue weighted by atomic mass is 35.5. The maximum atomic E-state index is 11.2. The van der Waals surface area contributed by atoms with Gasteiger partial charge in [-0.3, -0.25) is 9.59 Å². The van der Waals surface area contributed by atoms with E-state index in [-0.39, 0.29) is 12.4 Å². The third kappa shape index (κ3) is 86.2. The molecule has 0 heterocycles. The molecule has 0 fully saturated rings. The number of halogens is 1. The van der Waals surface area contributed by atoms with Crippen LogP contribution in [0, 0.1) is 0 Å². The molecule has 0 saturated carbocycles. The summed E-state index contributed by atoms with van der Waals surface area (Å²) in [5, 5.41) is 8.15. The number of aliphatic hydroxyl groups is 1. The normalized spacial score (nSPS) is 11.2. The van der Waals surface area contributed by atoms with Crippen LogP contribution in [0.15, 0.2) is 61.8 Å². The number of aliphatic hydroxyl groups excluding tert-OH is 1. The Morgan fingerprint density at radius 1 is 0.432 bits per heavy atom. The highest BCUT2D eigenvalue weighted by Crippen LogP contribution is 2.13. The van der Waals surface area contributed by atoms with E-state index in [1.165, 1.54) is 231 Å². The molecule has 0 aliphatic rings. The molecule has 436 valence electrons. The molecule has 0 spiro atoms. The van der Waals surface area contributed by atoms with Gasteiger partial charge in [0.05, 0.1) is 29.8 Å². The fourth-order valence-corrected chi connectivity index (χ4v) is 8.17. The van der Waals surface area contributed by atoms with Crippen LogP contribution in [0.3, 0.4) is 0 Å². The van der Waals surface area contributed by atoms with Crippen LogP contribution in [-0.4, -0.2) is 60.8 Å². The van der Waals surface area contributed by atoms with Crippen molar-refractivity contribution >= 4 is 38.9 Å². The van der Waals surface area contributed by atoms with Gasteiger partial charge in [0, 0.05) is 18.4 Å². The van der Waals surface area contributed by atoms with E-state index in [2.05, 4.69) is 70.4 Å². The average molecular weight is 1090 g/mol. The van der Waals surface area contributed by atoms with Gasteiger partial charge in [0.25, 0.3) is 0 Å². The summed E-state index contributed by atoms with van der Waals surface area (Å²) in [5.74, 6) is -1.60. The van der Waals surface area contributed by atoms with Gasteiger partial charge in [-0.1, -0.05) is 244 Å². The predicted octanol–water partition coefficient (Wildman–Crippen LogP) is 19.2. The lowest BCUT2D eigenvalue weighted by molar-refractivity contribution is -0.143. The first-order valence-electron chi connectivity index (χ1n) is 30.2. The predicted molar refractivity (Wildman–Crippen MR) is 318 cm³/mol. The zero-order chi connectivity index (χ0) is 55.5. The quantitative estimate of drug-likeness (QED) is 0.0157. The van der Waals surface area contributed by atoms with Gasteiger partial charge in [0.1, 0.15) is 0 Å². The maximum absolute atomic E-state index is 11.2. The van der Waals surface area contributed by atoms with Gasteiger partial charge in [0.15, 0.2) is 0 Å². The molecule has 1 N–H and O–H groups in total. The molecule has 0 amide bonds. The summed E-state index contributed by atoms with van der Waals surface area (Å²) in [4.78, 5) is 31.5. The smallest absolute Gasteiger partial charge is 0.330 e. The van der Waals surface area contributed by atoms with Crippen molar-refractivity contribution in [2.24, 2.45) is 0 Å². The van der Waals surface area contributed by atoms with E-state index in [4.69, 9.17) is 26.2 Å². The summed E-state index contributed by atoms with van der Waals surface area (Å²) in [6.45, 7) is 14.4. The van der Waals surface area contributed by atoms with Gasteiger partial charge >= 0.3 is 11.9 Å². The molecule has 11 heteroatoms. The van der Waals surface area contributed by atoms with E-state index >= 15 is 0 Å². The molecule has 74 heavy (non-hydrogen) atoms. The fraction of sp³-hybridized carbons (Fsp3) is 0.794. The van der Waals surface area contributed by atoms with E-state index in [1.54, 1.807) is 0 Å². The molecule has 0 aromatic rings. The van der Waals surface area contributed by atoms with E-state index in [0.29, 0.717) is 19.8 Å². The van der Waals surface area contributed by atoms with Crippen LogP contribution in [0.2, 0.25) is 0 Å². The van der Waals surface area contributed by atoms with Crippen LogP contribution in [0.1, 0.15) is 297 Å². The summed E-state index contributed by atoms with van der Waals surface area (Å²) in [6.07, 6.45) is 69.6. The van der Waals surface area contributed by atoms with Crippen LogP contribution >= 0.6 is 11.6 Å². The van der Waals surface area contributed by atoms with Crippen LogP contribution < -0.4 is 0 Å². The first-order valence-corrected chi connectivity index (χ1v) is 32.2. The zero-order valence-electron chi connectivity index (χ0n) is 48.3. The molecule has 0 saturated heterocycles. The highest BCUT2D eigenvalue weighted by Gasteiger charge is 2.05. The third-order valence-corrected chi connectivity index (χ3v) is 13.2. The van der Waals surface area contributed by atoms with E-state index in [1.807, 2.05) is 0 Å². The van der Waals surface area contributed by atoms with Crippen LogP contribution in [0.5, 0.6) is 0 Å². The minimum atomic E-state index is -4.34. The lowest BCUT2D eigenvalue weighted by Gasteiger charge is -2.07. The van der Waals surface area contributed by atoms with Gasteiger partial charge in [0.2, 0.25) is 5.24 Å². The zero-order valence-corrected chi connectivity index (χ0v) is 49.8. The van der Waals surface area contributed by atoms with Gasteiger partial charge in [-0.2, -0.15) is 0 Å². The second kappa shape index (κ2) is 70.5. The van der Waals surface area contributed by atoms with Crippen molar-refractivity contribution < 1.29 is 41.9 Å². The van der Waals surface area contributed by atoms with Crippen LogP contribution in [-0.2, 0) is 34.0 Å². The number of rotatable bonds is 52. The maximum Gasteiger partial charge on any atom is 0.330 e. The molecule has 0 aliphatic carbocycles. The van der Waals surface area contributed by atoms with Gasteiger partial charge in [-0.05, 0) is 114 Å². The number of carbonyl (C=O) groups is 3. The van der Waals surface area contributed by atoms with Crippen LogP contribution in [0.4, 0.5) is 0 Å². The van der Waals surface area contributed by atoms with Crippen molar-refractivity contribution in [3.8, 4) is 0 Å². The Hall–Kier alpha value is -2.53. The number of unbranched alkanes of at least 4 members (excludes halogenated alkanes) is 36. The summed E-state index contributed by atoms with van der Waals surface area (Å²) in [7, 11) is -4.34. The van der Waals surface area contributed by atoms with E-state index in [9.17, 15) is 27.4 Å². The van der Waals surface area contributed by atoms with E-state index < -0.39 is 27.1 Å². The molecule has 0 unspecified atom stereocenters. The van der Waals surface area contributed by atoms with Crippen molar-refractivity contribution in [3.63, 3.8) is 0 Å². The Labute approximate surface area is 462 Å². The Morgan fingerprint density at radius 2 is 0.689 bits per heavy atom. The average Bonchev–Trinajstić information content (AvgIpc) is 3.39. The molecule has 0 radical (unpaired) electrons. The SMILES string of the molecule is C=CC(=O)Cl.C=CC(=O)OCCCCCCCC/C=C\CCCCCCCC.CCCCCCCC/C=C\CCCCCCCCO.CCCCCCCC/C=C\CCCCCCCCOC(=O)CCS(=O)(=O)[O-]. The number of esters is 2. The molecule has 0 rings (SSSR count). The Morgan fingerprint density at radius 3 is 0.946 bits per heavy atom. The molecular formula is C63H116ClO9S-. The van der Waals surface area contributed by atoms with Crippen molar-refractivity contribution in [3.05, 3.63) is 61.8 Å². The molecule has 0 aliphatic heterocycles. The molecule has 9 nitrogen and oxygen atoms in total. The van der Waals surface area contributed by atoms with Gasteiger partial charge in [-0.25, -0.2) is 13.2 Å². The number of hydrogen-bond acceptors (Lipinski definition) is 9. The molecule has 0 atom stereocenters. The number of allylic oxidation sites excluding steroid dienone is 7. The van der Waals surface area contributed by atoms with Crippen molar-refractivity contribution in [2.75, 3.05) is 25.6 Å². The lowest BCUT2D eigenvalue weighted by Crippen LogP contribution is -2.13. The topological polar surface area (TPSA) is 147 Å². The summed E-state index contributed by atoms with van der Waals surface area (Å²) in [6, 6.07) is 0. The molecular weight excluding hydrogens is 968 g/mol. The molecule has 0 aromatic heterocycles. The minimum absolute atomic E-state index is 0.304. The fourth-order valence-electron chi connectivity index (χ4n) is 7.76. The van der Waals surface area contributed by atoms with E-state index in [0.717, 1.165) is 51.0 Å². The Balaban J connectivity index is -0.000000479. The van der Waals surface area contributed by atoms with Crippen molar-refractivity contribution in [1.29, 1.82) is 0 Å². The molecule has 0 aromatic carbocycles. The van der Waals surface area contributed by atoms with Crippen molar-refractivity contribution in [1.82, 2.24) is 0 Å². The number of ether oxygens (including phenoxy) is 2. The Bertz CT molecular complexity index is 1380. The second-order valence-electron chi connectivity index (χ2n) is 19.6. The first kappa shape index (κ1) is 78.0. The Kier molecular flexibility index (Phi) is 74.2. The number of carbonyl (C=O) groups excluding carboxylic acids is 3.